The number of piperidine rings is 1. The number of hydrogen-bond donors (Lipinski definition) is 0. The van der Waals surface area contributed by atoms with Crippen LogP contribution < -0.4 is 4.90 Å². The fourth-order valence-corrected chi connectivity index (χ4v) is 3.63. The Hall–Kier alpha value is -1.82. The van der Waals surface area contributed by atoms with E-state index in [1.54, 1.807) is 0 Å². The summed E-state index contributed by atoms with van der Waals surface area (Å²) in [5.74, 6) is 6.89. The molecule has 8 heteroatoms. The van der Waals surface area contributed by atoms with Gasteiger partial charge in [-0.1, -0.05) is 18.8 Å². The number of aromatic nitrogens is 1. The summed E-state index contributed by atoms with van der Waals surface area (Å²) < 4.78 is 43.8. The van der Waals surface area contributed by atoms with E-state index in [9.17, 15) is 13.2 Å². The summed E-state index contributed by atoms with van der Waals surface area (Å²) in [4.78, 5) is 10.8. The van der Waals surface area contributed by atoms with Crippen LogP contribution in [0.4, 0.5) is 19.0 Å². The van der Waals surface area contributed by atoms with Crippen LogP contribution in [0.2, 0.25) is 0 Å². The van der Waals surface area contributed by atoms with Gasteiger partial charge in [-0.05, 0) is 31.5 Å². The van der Waals surface area contributed by atoms with Gasteiger partial charge < -0.3 is 14.5 Å². The third-order valence-corrected chi connectivity index (χ3v) is 5.57. The van der Waals surface area contributed by atoms with Crippen LogP contribution in [-0.4, -0.2) is 79.9 Å². The number of likely N-dealkylation sites (N-methyl/N-ethyl adjacent to an activating group) is 1. The van der Waals surface area contributed by atoms with Gasteiger partial charge >= 0.3 is 6.18 Å². The molecule has 0 bridgehead atoms. The van der Waals surface area contributed by atoms with Crippen molar-refractivity contribution in [2.45, 2.75) is 32.0 Å². The van der Waals surface area contributed by atoms with Crippen LogP contribution in [0.15, 0.2) is 18.3 Å². The van der Waals surface area contributed by atoms with Crippen LogP contribution in [-0.2, 0) is 10.9 Å². The first kappa shape index (κ1) is 21.9. The summed E-state index contributed by atoms with van der Waals surface area (Å²) in [5.41, 5.74) is -0.717. The normalized spacial score (nSPS) is 19.8. The van der Waals surface area contributed by atoms with Gasteiger partial charge in [0.25, 0.3) is 0 Å². The van der Waals surface area contributed by atoms with Gasteiger partial charge in [0.1, 0.15) is 12.4 Å². The second-order valence-corrected chi connectivity index (χ2v) is 7.46. The van der Waals surface area contributed by atoms with Gasteiger partial charge in [0.2, 0.25) is 0 Å². The zero-order valence-electron chi connectivity index (χ0n) is 16.9. The maximum absolute atomic E-state index is 12.6. The Morgan fingerprint density at radius 1 is 1.03 bits per heavy atom. The van der Waals surface area contributed by atoms with Gasteiger partial charge in [-0.15, -0.1) is 0 Å². The minimum Gasteiger partial charge on any atom is -0.365 e. The summed E-state index contributed by atoms with van der Waals surface area (Å²) in [5, 5.41) is 0. The summed E-state index contributed by atoms with van der Waals surface area (Å²) in [6.45, 7) is 10.3. The van der Waals surface area contributed by atoms with E-state index in [1.807, 2.05) is 4.90 Å². The number of hydrogen-bond acceptors (Lipinski definition) is 5. The molecule has 29 heavy (non-hydrogen) atoms. The number of pyridine rings is 1. The van der Waals surface area contributed by atoms with Gasteiger partial charge in [0.05, 0.1) is 18.2 Å². The number of halogens is 3. The lowest BCUT2D eigenvalue weighted by atomic mass is 10.1. The Morgan fingerprint density at radius 2 is 1.72 bits per heavy atom. The number of anilines is 1. The largest absolute Gasteiger partial charge is 0.417 e. The lowest BCUT2D eigenvalue weighted by Crippen LogP contribution is -2.46. The van der Waals surface area contributed by atoms with Crippen LogP contribution in [0.5, 0.6) is 0 Å². The van der Waals surface area contributed by atoms with Crippen molar-refractivity contribution in [2.24, 2.45) is 0 Å². The predicted molar refractivity (Wildman–Crippen MR) is 107 cm³/mol. The van der Waals surface area contributed by atoms with E-state index in [2.05, 4.69) is 33.5 Å². The number of ether oxygens (including phenoxy) is 1. The zero-order valence-corrected chi connectivity index (χ0v) is 16.9. The first-order valence-electron chi connectivity index (χ1n) is 10.3. The average Bonchev–Trinajstić information content (AvgIpc) is 2.74. The van der Waals surface area contributed by atoms with E-state index >= 15 is 0 Å². The highest BCUT2D eigenvalue weighted by atomic mass is 19.4. The standard InChI is InChI=1S/C21H29F3N4O/c1-2-26-12-14-27(15-13-26)9-3-4-16-29-19-7-10-28(11-8-19)20-6-5-18(17-25-20)21(22,23)24/h5-6,17,19H,2,7-16H2,1H3. The van der Waals surface area contributed by atoms with Crippen molar-refractivity contribution in [3.8, 4) is 11.8 Å². The van der Waals surface area contributed by atoms with Crippen molar-refractivity contribution in [3.63, 3.8) is 0 Å². The van der Waals surface area contributed by atoms with Crippen molar-refractivity contribution in [3.05, 3.63) is 23.9 Å². The van der Waals surface area contributed by atoms with Crippen LogP contribution in [0.1, 0.15) is 25.3 Å². The fourth-order valence-electron chi connectivity index (χ4n) is 3.63. The fraction of sp³-hybridized carbons (Fsp3) is 0.667. The molecule has 0 saturated carbocycles. The number of piperazine rings is 1. The zero-order chi connectivity index (χ0) is 20.7. The molecular weight excluding hydrogens is 381 g/mol. The highest BCUT2D eigenvalue weighted by Gasteiger charge is 2.31. The van der Waals surface area contributed by atoms with Crippen molar-refractivity contribution in [1.29, 1.82) is 0 Å². The summed E-state index contributed by atoms with van der Waals surface area (Å²) in [7, 11) is 0. The minimum atomic E-state index is -4.35. The average molecular weight is 410 g/mol. The maximum atomic E-state index is 12.6. The number of alkyl halides is 3. The molecule has 1 aromatic rings. The molecule has 2 fully saturated rings. The summed E-state index contributed by atoms with van der Waals surface area (Å²) >= 11 is 0. The molecular formula is C21H29F3N4O. The minimum absolute atomic E-state index is 0.142. The van der Waals surface area contributed by atoms with Gasteiger partial charge in [0, 0.05) is 45.5 Å². The Balaban J connectivity index is 1.33. The van der Waals surface area contributed by atoms with Crippen molar-refractivity contribution in [1.82, 2.24) is 14.8 Å². The summed E-state index contributed by atoms with van der Waals surface area (Å²) in [6, 6.07) is 2.53. The molecule has 2 saturated heterocycles. The lowest BCUT2D eigenvalue weighted by molar-refractivity contribution is -0.137. The Morgan fingerprint density at radius 3 is 2.31 bits per heavy atom. The van der Waals surface area contributed by atoms with E-state index in [-0.39, 0.29) is 6.10 Å². The second kappa shape index (κ2) is 10.3. The molecule has 0 unspecified atom stereocenters. The molecule has 0 aromatic carbocycles. The molecule has 0 radical (unpaired) electrons. The monoisotopic (exact) mass is 410 g/mol. The Kier molecular flexibility index (Phi) is 7.76. The van der Waals surface area contributed by atoms with Crippen molar-refractivity contribution in [2.75, 3.05) is 63.9 Å². The Bertz CT molecular complexity index is 683. The molecule has 3 rings (SSSR count). The lowest BCUT2D eigenvalue weighted by Gasteiger charge is -2.33. The third-order valence-electron chi connectivity index (χ3n) is 5.57. The van der Waals surface area contributed by atoms with Crippen LogP contribution in [0.25, 0.3) is 0 Å². The van der Waals surface area contributed by atoms with E-state index in [1.165, 1.54) is 6.07 Å². The van der Waals surface area contributed by atoms with E-state index in [0.717, 1.165) is 77.5 Å². The molecule has 2 aliphatic heterocycles. The molecule has 3 heterocycles. The molecule has 0 atom stereocenters. The van der Waals surface area contributed by atoms with Gasteiger partial charge in [-0.3, -0.25) is 4.90 Å². The molecule has 0 N–H and O–H groups in total. The van der Waals surface area contributed by atoms with E-state index in [4.69, 9.17) is 4.74 Å². The molecule has 2 aliphatic rings. The van der Waals surface area contributed by atoms with E-state index < -0.39 is 11.7 Å². The SMILES string of the molecule is CCN1CCN(CC#CCOC2CCN(c3ccc(C(F)(F)F)cn3)CC2)CC1. The quantitative estimate of drug-likeness (QED) is 0.697. The van der Waals surface area contributed by atoms with Gasteiger partial charge in [0.15, 0.2) is 0 Å². The molecule has 0 spiro atoms. The van der Waals surface area contributed by atoms with Gasteiger partial charge in [-0.2, -0.15) is 13.2 Å². The molecule has 160 valence electrons. The topological polar surface area (TPSA) is 31.8 Å². The molecule has 0 aliphatic carbocycles. The Labute approximate surface area is 170 Å². The first-order valence-corrected chi connectivity index (χ1v) is 10.3. The van der Waals surface area contributed by atoms with Crippen molar-refractivity contribution >= 4 is 5.82 Å². The first-order chi connectivity index (χ1) is 14.0. The van der Waals surface area contributed by atoms with Gasteiger partial charge in [-0.25, -0.2) is 4.98 Å². The highest BCUT2D eigenvalue weighted by molar-refractivity contribution is 5.40. The second-order valence-electron chi connectivity index (χ2n) is 7.46. The smallest absolute Gasteiger partial charge is 0.365 e. The van der Waals surface area contributed by atoms with E-state index in [0.29, 0.717) is 12.4 Å². The highest BCUT2D eigenvalue weighted by Crippen LogP contribution is 2.29. The number of nitrogens with zero attached hydrogens (tertiary/aromatic N) is 4. The summed E-state index contributed by atoms with van der Waals surface area (Å²) in [6.07, 6.45) is -1.66. The molecule has 0 amide bonds. The number of rotatable bonds is 5. The van der Waals surface area contributed by atoms with Crippen LogP contribution >= 0.6 is 0 Å². The van der Waals surface area contributed by atoms with Crippen molar-refractivity contribution < 1.29 is 17.9 Å². The van der Waals surface area contributed by atoms with Crippen LogP contribution in [0.3, 0.4) is 0 Å². The third kappa shape index (κ3) is 6.59. The van der Waals surface area contributed by atoms with Crippen LogP contribution in [0, 0.1) is 11.8 Å². The molecule has 5 nitrogen and oxygen atoms in total. The predicted octanol–water partition coefficient (Wildman–Crippen LogP) is 2.73. The molecule has 1 aromatic heterocycles. The maximum Gasteiger partial charge on any atom is 0.417 e.